The molecule has 1 N–H and O–H groups in total. The molecule has 1 fully saturated rings. The van der Waals surface area contributed by atoms with Crippen LogP contribution in [0, 0.1) is 5.92 Å². The zero-order chi connectivity index (χ0) is 19.8. The molecule has 0 spiro atoms. The highest BCUT2D eigenvalue weighted by molar-refractivity contribution is 6.02. The van der Waals surface area contributed by atoms with Gasteiger partial charge in [-0.05, 0) is 36.1 Å². The van der Waals surface area contributed by atoms with Crippen molar-refractivity contribution in [1.82, 2.24) is 0 Å². The summed E-state index contributed by atoms with van der Waals surface area (Å²) in [5.41, 5.74) is 1.25. The Kier molecular flexibility index (Phi) is 7.05. The minimum Gasteiger partial charge on any atom is -0.466 e. The van der Waals surface area contributed by atoms with E-state index in [1.807, 2.05) is 6.92 Å². The highest BCUT2D eigenvalue weighted by atomic mass is 16.5. The van der Waals surface area contributed by atoms with Gasteiger partial charge in [0.05, 0.1) is 7.11 Å². The van der Waals surface area contributed by atoms with Crippen molar-refractivity contribution in [1.29, 1.82) is 0 Å². The lowest BCUT2D eigenvalue weighted by Crippen LogP contribution is -2.10. The molecule has 1 aliphatic rings. The second-order valence-corrected chi connectivity index (χ2v) is 6.21. The number of methoxy groups -OCH3 is 1. The normalized spacial score (nSPS) is 18.3. The fourth-order valence-corrected chi connectivity index (χ4v) is 2.16. The molecule has 0 bridgehead atoms. The number of ketones is 1. The number of amides is 1. The van der Waals surface area contributed by atoms with E-state index in [9.17, 15) is 19.2 Å². The lowest BCUT2D eigenvalue weighted by atomic mass is 10.1. The molecule has 7 nitrogen and oxygen atoms in total. The molecule has 1 aliphatic carbocycles. The summed E-state index contributed by atoms with van der Waals surface area (Å²) >= 11 is 0. The number of anilines is 1. The topological polar surface area (TPSA) is 98.8 Å². The van der Waals surface area contributed by atoms with Gasteiger partial charge in [-0.2, -0.15) is 0 Å². The van der Waals surface area contributed by atoms with E-state index in [0.717, 1.165) is 36.3 Å². The molecule has 1 amide bonds. The van der Waals surface area contributed by atoms with Crippen LogP contribution in [0.4, 0.5) is 5.69 Å². The highest BCUT2D eigenvalue weighted by Gasteiger charge is 2.35. The third-order valence-corrected chi connectivity index (χ3v) is 3.88. The number of esters is 2. The molecule has 2 rings (SSSR count). The van der Waals surface area contributed by atoms with Crippen molar-refractivity contribution in [2.75, 3.05) is 12.4 Å². The van der Waals surface area contributed by atoms with Gasteiger partial charge in [0.1, 0.15) is 6.10 Å². The summed E-state index contributed by atoms with van der Waals surface area (Å²) in [5, 5.41) is 2.61. The van der Waals surface area contributed by atoms with Gasteiger partial charge < -0.3 is 14.8 Å². The van der Waals surface area contributed by atoms with Crippen molar-refractivity contribution >= 4 is 29.3 Å². The molecule has 0 saturated heterocycles. The van der Waals surface area contributed by atoms with E-state index < -0.39 is 17.8 Å². The van der Waals surface area contributed by atoms with E-state index in [2.05, 4.69) is 10.1 Å². The van der Waals surface area contributed by atoms with E-state index >= 15 is 0 Å². The molecular weight excluding hydrogens is 350 g/mol. The molecular formula is C20H21NO6. The Morgan fingerprint density at radius 1 is 1.04 bits per heavy atom. The van der Waals surface area contributed by atoms with Gasteiger partial charge in [0.25, 0.3) is 0 Å². The van der Waals surface area contributed by atoms with E-state index in [1.165, 1.54) is 7.11 Å². The number of carbonyl (C=O) groups is 4. The van der Waals surface area contributed by atoms with Crippen molar-refractivity contribution in [2.24, 2.45) is 5.92 Å². The SMILES string of the molecule is COC(=O)/C=C\C(=O)Cc1ccc(NC(=O)/C=C\C(=O)OC2CC2C)cc1. The van der Waals surface area contributed by atoms with Crippen molar-refractivity contribution < 1.29 is 28.7 Å². The first-order valence-corrected chi connectivity index (χ1v) is 8.45. The Morgan fingerprint density at radius 3 is 2.26 bits per heavy atom. The smallest absolute Gasteiger partial charge is 0.331 e. The number of nitrogens with one attached hydrogen (secondary N) is 1. The molecule has 0 heterocycles. The first-order valence-electron chi connectivity index (χ1n) is 8.45. The highest BCUT2D eigenvalue weighted by Crippen LogP contribution is 2.32. The van der Waals surface area contributed by atoms with Crippen LogP contribution in [-0.4, -0.2) is 36.8 Å². The third kappa shape index (κ3) is 7.27. The summed E-state index contributed by atoms with van der Waals surface area (Å²) in [6.07, 6.45) is 5.38. The molecule has 1 saturated carbocycles. The minimum atomic E-state index is -0.593. The van der Waals surface area contributed by atoms with E-state index in [0.29, 0.717) is 11.6 Å². The van der Waals surface area contributed by atoms with Gasteiger partial charge in [0.2, 0.25) is 5.91 Å². The molecule has 0 aliphatic heterocycles. The van der Waals surface area contributed by atoms with Crippen LogP contribution in [0.15, 0.2) is 48.6 Å². The van der Waals surface area contributed by atoms with Crippen molar-refractivity contribution in [3.05, 3.63) is 54.1 Å². The molecule has 27 heavy (non-hydrogen) atoms. The third-order valence-electron chi connectivity index (χ3n) is 3.88. The molecule has 0 aromatic heterocycles. The van der Waals surface area contributed by atoms with Crippen molar-refractivity contribution in [3.63, 3.8) is 0 Å². The van der Waals surface area contributed by atoms with Crippen LogP contribution >= 0.6 is 0 Å². The summed E-state index contributed by atoms with van der Waals surface area (Å²) in [4.78, 5) is 46.0. The summed E-state index contributed by atoms with van der Waals surface area (Å²) in [6.45, 7) is 1.99. The Labute approximate surface area is 157 Å². The average Bonchev–Trinajstić information content (AvgIpc) is 3.34. The molecule has 2 atom stereocenters. The van der Waals surface area contributed by atoms with Crippen LogP contribution in [0.3, 0.4) is 0 Å². The predicted octanol–water partition coefficient (Wildman–Crippen LogP) is 1.97. The van der Waals surface area contributed by atoms with E-state index in [-0.39, 0.29) is 18.3 Å². The molecule has 142 valence electrons. The van der Waals surface area contributed by atoms with Gasteiger partial charge >= 0.3 is 11.9 Å². The second-order valence-electron chi connectivity index (χ2n) is 6.21. The summed E-state index contributed by atoms with van der Waals surface area (Å²) < 4.78 is 9.51. The van der Waals surface area contributed by atoms with Gasteiger partial charge in [-0.25, -0.2) is 9.59 Å². The van der Waals surface area contributed by atoms with Gasteiger partial charge in [-0.1, -0.05) is 19.1 Å². The summed E-state index contributed by atoms with van der Waals surface area (Å²) in [7, 11) is 1.23. The Balaban J connectivity index is 1.79. The van der Waals surface area contributed by atoms with Crippen LogP contribution in [0.1, 0.15) is 18.9 Å². The van der Waals surface area contributed by atoms with Crippen molar-refractivity contribution in [2.45, 2.75) is 25.9 Å². The molecule has 2 unspecified atom stereocenters. The number of carbonyl (C=O) groups excluding carboxylic acids is 4. The lowest BCUT2D eigenvalue weighted by molar-refractivity contribution is -0.139. The van der Waals surface area contributed by atoms with Crippen LogP contribution in [-0.2, 0) is 35.1 Å². The van der Waals surface area contributed by atoms with E-state index in [1.54, 1.807) is 24.3 Å². The van der Waals surface area contributed by atoms with Crippen LogP contribution in [0.5, 0.6) is 0 Å². The maximum Gasteiger partial charge on any atom is 0.331 e. The summed E-state index contributed by atoms with van der Waals surface area (Å²) in [6, 6.07) is 6.66. The molecule has 1 aromatic rings. The number of hydrogen-bond donors (Lipinski definition) is 1. The average molecular weight is 371 g/mol. The number of benzene rings is 1. The Hall–Kier alpha value is -3.22. The van der Waals surface area contributed by atoms with Crippen LogP contribution in [0.25, 0.3) is 0 Å². The number of ether oxygens (including phenoxy) is 2. The maximum absolute atomic E-state index is 11.8. The predicted molar refractivity (Wildman–Crippen MR) is 97.7 cm³/mol. The fraction of sp³-hybridized carbons (Fsp3) is 0.300. The van der Waals surface area contributed by atoms with Gasteiger partial charge in [0.15, 0.2) is 5.78 Å². The standard InChI is InChI=1S/C20H21NO6/c1-13-11-17(13)27-20(25)10-8-18(23)21-15-5-3-14(4-6-15)12-16(22)7-9-19(24)26-2/h3-10,13,17H,11-12H2,1-2H3,(H,21,23)/b9-7-,10-8-. The fourth-order valence-electron chi connectivity index (χ4n) is 2.16. The molecule has 1 aromatic carbocycles. The Morgan fingerprint density at radius 2 is 1.67 bits per heavy atom. The van der Waals surface area contributed by atoms with Crippen LogP contribution in [0.2, 0.25) is 0 Å². The van der Waals surface area contributed by atoms with Crippen LogP contribution < -0.4 is 5.32 Å². The lowest BCUT2D eigenvalue weighted by Gasteiger charge is -2.04. The number of hydrogen-bond acceptors (Lipinski definition) is 6. The van der Waals surface area contributed by atoms with Gasteiger partial charge in [-0.3, -0.25) is 9.59 Å². The first kappa shape index (κ1) is 20.1. The van der Waals surface area contributed by atoms with E-state index in [4.69, 9.17) is 4.74 Å². The van der Waals surface area contributed by atoms with Gasteiger partial charge in [0, 0.05) is 30.3 Å². The quantitative estimate of drug-likeness (QED) is 0.554. The zero-order valence-corrected chi connectivity index (χ0v) is 15.1. The minimum absolute atomic E-state index is 0.0390. The maximum atomic E-state index is 11.8. The largest absolute Gasteiger partial charge is 0.466 e. The monoisotopic (exact) mass is 371 g/mol. The Bertz CT molecular complexity index is 778. The molecule has 0 radical (unpaired) electrons. The summed E-state index contributed by atoms with van der Waals surface area (Å²) in [5.74, 6) is -1.44. The second kappa shape index (κ2) is 9.47. The van der Waals surface area contributed by atoms with Gasteiger partial charge in [-0.15, -0.1) is 0 Å². The number of allylic oxidation sites excluding steroid dienone is 1. The molecule has 7 heteroatoms. The van der Waals surface area contributed by atoms with Crippen molar-refractivity contribution in [3.8, 4) is 0 Å². The number of rotatable bonds is 8. The first-order chi connectivity index (χ1) is 12.9. The zero-order valence-electron chi connectivity index (χ0n) is 15.1.